The van der Waals surface area contributed by atoms with Crippen LogP contribution in [0.2, 0.25) is 0 Å². The highest BCUT2D eigenvalue weighted by molar-refractivity contribution is 7.91. The third kappa shape index (κ3) is 5.96. The number of rotatable bonds is 7. The molecule has 1 aromatic heterocycles. The lowest BCUT2D eigenvalue weighted by Gasteiger charge is -2.34. The highest BCUT2D eigenvalue weighted by Crippen LogP contribution is 2.52. The van der Waals surface area contributed by atoms with Crippen LogP contribution in [0.15, 0.2) is 30.3 Å². The van der Waals surface area contributed by atoms with Gasteiger partial charge in [-0.1, -0.05) is 0 Å². The van der Waals surface area contributed by atoms with Gasteiger partial charge >= 0.3 is 12.2 Å². The predicted molar refractivity (Wildman–Crippen MR) is 130 cm³/mol. The van der Waals surface area contributed by atoms with E-state index in [1.165, 1.54) is 18.4 Å². The smallest absolute Gasteiger partial charge is 0.382 e. The van der Waals surface area contributed by atoms with Gasteiger partial charge in [-0.15, -0.1) is 0 Å². The molecule has 1 aliphatic carbocycles. The van der Waals surface area contributed by atoms with Crippen LogP contribution in [0.3, 0.4) is 0 Å². The number of carbonyl (C=O) groups is 1. The van der Waals surface area contributed by atoms with Gasteiger partial charge in [-0.3, -0.25) is 0 Å². The molecule has 2 amide bonds. The van der Waals surface area contributed by atoms with Crippen molar-refractivity contribution in [2.45, 2.75) is 42.8 Å². The van der Waals surface area contributed by atoms with E-state index in [9.17, 15) is 26.4 Å². The summed E-state index contributed by atoms with van der Waals surface area (Å²) in [7, 11) is -3.42. The molecule has 3 N–H and O–H groups in total. The standard InChI is InChI=1S/C23H28F3N5O5S/c1-14-13-36-10-9-31(14)19-11-17(22(7-8-22)37(2,34)35)29-20(30-19)15-3-5-16(6-4-15)28-21(33)27-12-18(32)23(24,25)26/h3-6,11,14,18,32H,7-10,12-13H2,1-2H3,(H2,27,28,33)/t14-,18?/m0/s1. The fraction of sp³-hybridized carbons (Fsp3) is 0.522. The molecule has 0 bridgehead atoms. The number of aliphatic hydroxyl groups is 1. The number of nitrogens with one attached hydrogen (secondary N) is 2. The number of benzene rings is 1. The fourth-order valence-corrected chi connectivity index (χ4v) is 5.45. The number of hydrogen-bond acceptors (Lipinski definition) is 8. The summed E-state index contributed by atoms with van der Waals surface area (Å²) in [5.41, 5.74) is 1.28. The second-order valence-electron chi connectivity index (χ2n) is 9.29. The van der Waals surface area contributed by atoms with Crippen LogP contribution in [-0.2, 0) is 19.3 Å². The van der Waals surface area contributed by atoms with Crippen molar-refractivity contribution in [1.29, 1.82) is 0 Å². The number of urea groups is 1. The zero-order chi connectivity index (χ0) is 27.0. The molecule has 1 aliphatic heterocycles. The Labute approximate surface area is 212 Å². The highest BCUT2D eigenvalue weighted by Gasteiger charge is 2.55. The van der Waals surface area contributed by atoms with Gasteiger partial charge in [-0.25, -0.2) is 23.2 Å². The van der Waals surface area contributed by atoms with Crippen LogP contribution in [0.4, 0.5) is 29.5 Å². The molecule has 0 radical (unpaired) electrons. The van der Waals surface area contributed by atoms with Gasteiger partial charge in [-0.2, -0.15) is 13.2 Å². The van der Waals surface area contributed by atoms with E-state index in [4.69, 9.17) is 14.8 Å². The number of sulfone groups is 1. The van der Waals surface area contributed by atoms with Crippen molar-refractivity contribution >= 4 is 27.4 Å². The molecule has 1 saturated carbocycles. The Morgan fingerprint density at radius 3 is 2.51 bits per heavy atom. The minimum absolute atomic E-state index is 0.0266. The van der Waals surface area contributed by atoms with Gasteiger partial charge in [0.25, 0.3) is 0 Å². The number of morpholine rings is 1. The third-order valence-electron chi connectivity index (χ3n) is 6.49. The number of anilines is 2. The Morgan fingerprint density at radius 1 is 1.27 bits per heavy atom. The highest BCUT2D eigenvalue weighted by atomic mass is 32.2. The minimum atomic E-state index is -4.84. The topological polar surface area (TPSA) is 134 Å². The first-order valence-electron chi connectivity index (χ1n) is 11.6. The molecule has 10 nitrogen and oxygen atoms in total. The molecule has 2 atom stereocenters. The average Bonchev–Trinajstić information content (AvgIpc) is 3.65. The predicted octanol–water partition coefficient (Wildman–Crippen LogP) is 2.45. The van der Waals surface area contributed by atoms with E-state index < -0.39 is 39.4 Å². The lowest BCUT2D eigenvalue weighted by molar-refractivity contribution is -0.201. The second-order valence-corrected chi connectivity index (χ2v) is 11.6. The Hall–Kier alpha value is -2.97. The maximum atomic E-state index is 12.6. The Kier molecular flexibility index (Phi) is 7.36. The summed E-state index contributed by atoms with van der Waals surface area (Å²) in [4.78, 5) is 23.3. The second kappa shape index (κ2) is 10.1. The van der Waals surface area contributed by atoms with Crippen molar-refractivity contribution in [2.24, 2.45) is 0 Å². The van der Waals surface area contributed by atoms with Crippen LogP contribution >= 0.6 is 0 Å². The van der Waals surface area contributed by atoms with Gasteiger partial charge in [0.05, 0.1) is 31.5 Å². The summed E-state index contributed by atoms with van der Waals surface area (Å²) in [5, 5.41) is 13.4. The van der Waals surface area contributed by atoms with Crippen LogP contribution in [-0.4, -0.2) is 80.4 Å². The molecule has 2 heterocycles. The largest absolute Gasteiger partial charge is 0.416 e. The lowest BCUT2D eigenvalue weighted by atomic mass is 10.1. The number of aliphatic hydroxyl groups excluding tert-OH is 1. The molecule has 14 heteroatoms. The summed E-state index contributed by atoms with van der Waals surface area (Å²) in [6, 6.07) is 7.12. The molecule has 1 aromatic carbocycles. The normalized spacial score (nSPS) is 20.3. The summed E-state index contributed by atoms with van der Waals surface area (Å²) in [6.07, 6.45) is -5.35. The summed E-state index contributed by atoms with van der Waals surface area (Å²) < 4.78 is 66.8. The van der Waals surface area contributed by atoms with E-state index in [2.05, 4.69) is 10.3 Å². The Bertz CT molecular complexity index is 1250. The van der Waals surface area contributed by atoms with Crippen LogP contribution in [0, 0.1) is 0 Å². The number of amides is 2. The zero-order valence-corrected chi connectivity index (χ0v) is 21.1. The summed E-state index contributed by atoms with van der Waals surface area (Å²) in [5.74, 6) is 0.904. The molecule has 2 aromatic rings. The summed E-state index contributed by atoms with van der Waals surface area (Å²) in [6.45, 7) is 2.61. The van der Waals surface area contributed by atoms with Gasteiger partial charge in [0, 0.05) is 30.1 Å². The number of alkyl halides is 3. The minimum Gasteiger partial charge on any atom is -0.382 e. The van der Waals surface area contributed by atoms with Crippen LogP contribution < -0.4 is 15.5 Å². The molecule has 1 saturated heterocycles. The van der Waals surface area contributed by atoms with Gasteiger partial charge in [-0.05, 0) is 44.0 Å². The average molecular weight is 544 g/mol. The monoisotopic (exact) mass is 543 g/mol. The zero-order valence-electron chi connectivity index (χ0n) is 20.2. The van der Waals surface area contributed by atoms with E-state index in [0.29, 0.717) is 55.5 Å². The number of nitrogens with zero attached hydrogens (tertiary/aromatic N) is 3. The molecule has 4 rings (SSSR count). The molecule has 2 fully saturated rings. The van der Waals surface area contributed by atoms with E-state index >= 15 is 0 Å². The van der Waals surface area contributed by atoms with Crippen LogP contribution in [0.25, 0.3) is 11.4 Å². The van der Waals surface area contributed by atoms with E-state index in [1.807, 2.05) is 17.1 Å². The van der Waals surface area contributed by atoms with Gasteiger partial charge < -0.3 is 25.4 Å². The fourth-order valence-electron chi connectivity index (χ4n) is 4.12. The first-order chi connectivity index (χ1) is 17.3. The number of aromatic nitrogens is 2. The van der Waals surface area contributed by atoms with E-state index in [-0.39, 0.29) is 11.7 Å². The molecular formula is C23H28F3N5O5S. The van der Waals surface area contributed by atoms with Crippen molar-refractivity contribution in [2.75, 3.05) is 42.8 Å². The Morgan fingerprint density at radius 2 is 1.95 bits per heavy atom. The third-order valence-corrected chi connectivity index (χ3v) is 8.53. The number of carbonyl (C=O) groups excluding carboxylic acids is 1. The quantitative estimate of drug-likeness (QED) is 0.485. The number of hydrogen-bond donors (Lipinski definition) is 3. The van der Waals surface area contributed by atoms with Crippen molar-refractivity contribution in [3.63, 3.8) is 0 Å². The number of ether oxygens (including phenoxy) is 1. The first-order valence-corrected chi connectivity index (χ1v) is 13.5. The van der Waals surface area contributed by atoms with Crippen molar-refractivity contribution in [3.05, 3.63) is 36.0 Å². The van der Waals surface area contributed by atoms with Gasteiger partial charge in [0.2, 0.25) is 0 Å². The van der Waals surface area contributed by atoms with E-state index in [1.54, 1.807) is 18.2 Å². The Balaban J connectivity index is 1.57. The number of halogens is 3. The van der Waals surface area contributed by atoms with Crippen molar-refractivity contribution in [3.8, 4) is 11.4 Å². The molecule has 37 heavy (non-hydrogen) atoms. The maximum absolute atomic E-state index is 12.6. The van der Waals surface area contributed by atoms with Gasteiger partial charge in [0.1, 0.15) is 10.6 Å². The van der Waals surface area contributed by atoms with Crippen molar-refractivity contribution < 1.29 is 36.2 Å². The van der Waals surface area contributed by atoms with Crippen LogP contribution in [0.1, 0.15) is 25.5 Å². The first kappa shape index (κ1) is 27.1. The molecule has 0 spiro atoms. The lowest BCUT2D eigenvalue weighted by Crippen LogP contribution is -2.44. The maximum Gasteiger partial charge on any atom is 0.416 e. The van der Waals surface area contributed by atoms with Crippen molar-refractivity contribution in [1.82, 2.24) is 15.3 Å². The summed E-state index contributed by atoms with van der Waals surface area (Å²) >= 11 is 0. The van der Waals surface area contributed by atoms with E-state index in [0.717, 1.165) is 0 Å². The SMILES string of the molecule is C[C@H]1COCCN1c1cc(C2(S(C)(=O)=O)CC2)nc(-c2ccc(NC(=O)NCC(O)C(F)(F)F)cc2)n1. The van der Waals surface area contributed by atoms with Crippen LogP contribution in [0.5, 0.6) is 0 Å². The molecule has 1 unspecified atom stereocenters. The molecular weight excluding hydrogens is 515 g/mol. The molecule has 2 aliphatic rings. The molecule has 202 valence electrons. The van der Waals surface area contributed by atoms with Gasteiger partial charge in [0.15, 0.2) is 21.8 Å².